The average molecular weight is 277 g/mol. The molecule has 0 fully saturated rings. The highest BCUT2D eigenvalue weighted by Crippen LogP contribution is 2.20. The van der Waals surface area contributed by atoms with Crippen LogP contribution in [0.15, 0.2) is 59.5 Å². The van der Waals surface area contributed by atoms with E-state index in [4.69, 9.17) is 5.11 Å². The first kappa shape index (κ1) is 13.7. The van der Waals surface area contributed by atoms with Gasteiger partial charge in [-0.05, 0) is 23.3 Å². The Morgan fingerprint density at radius 1 is 0.895 bits per heavy atom. The fourth-order valence-electron chi connectivity index (χ4n) is 1.72. The van der Waals surface area contributed by atoms with Crippen LogP contribution >= 0.6 is 0 Å². The summed E-state index contributed by atoms with van der Waals surface area (Å²) in [6, 6.07) is 16.4. The summed E-state index contributed by atoms with van der Waals surface area (Å²) in [5, 5.41) is 8.64. The number of aliphatic hydroxyl groups is 1. The Labute approximate surface area is 112 Å². The Hall–Kier alpha value is -1.69. The van der Waals surface area contributed by atoms with Gasteiger partial charge < -0.3 is 5.11 Å². The Morgan fingerprint density at radius 3 is 2.05 bits per heavy atom. The van der Waals surface area contributed by atoms with Crippen molar-refractivity contribution in [2.45, 2.75) is 4.90 Å². The van der Waals surface area contributed by atoms with Gasteiger partial charge in [0.1, 0.15) is 0 Å². The highest BCUT2D eigenvalue weighted by atomic mass is 32.2. The zero-order valence-electron chi connectivity index (χ0n) is 10.3. The van der Waals surface area contributed by atoms with E-state index in [9.17, 15) is 8.42 Å². The van der Waals surface area contributed by atoms with Gasteiger partial charge >= 0.3 is 0 Å². The van der Waals surface area contributed by atoms with Crippen LogP contribution in [-0.2, 0) is 10.0 Å². The summed E-state index contributed by atoms with van der Waals surface area (Å²) in [5.74, 6) is 0. The second-order valence-electron chi connectivity index (χ2n) is 4.01. The lowest BCUT2D eigenvalue weighted by Crippen LogP contribution is -2.26. The quantitative estimate of drug-likeness (QED) is 0.873. The zero-order valence-corrected chi connectivity index (χ0v) is 11.1. The maximum absolute atomic E-state index is 11.8. The molecule has 0 aromatic heterocycles. The Bertz CT molecular complexity index is 622. The third-order valence-corrected chi connectivity index (χ3v) is 4.15. The third kappa shape index (κ3) is 3.41. The molecule has 4 nitrogen and oxygen atoms in total. The number of benzene rings is 2. The summed E-state index contributed by atoms with van der Waals surface area (Å²) in [5.41, 5.74) is 2.00. The van der Waals surface area contributed by atoms with Crippen LogP contribution in [0.4, 0.5) is 0 Å². The van der Waals surface area contributed by atoms with Crippen molar-refractivity contribution < 1.29 is 13.5 Å². The fraction of sp³-hybridized carbons (Fsp3) is 0.143. The standard InChI is InChI=1S/C14H15NO3S/c16-11-10-15-19(17,18)14-8-6-13(7-9-14)12-4-2-1-3-5-12/h1-9,15-16H,10-11H2. The summed E-state index contributed by atoms with van der Waals surface area (Å²) in [6.07, 6.45) is 0. The van der Waals surface area contributed by atoms with Crippen LogP contribution in [-0.4, -0.2) is 26.7 Å². The van der Waals surface area contributed by atoms with Gasteiger partial charge in [-0.15, -0.1) is 0 Å². The van der Waals surface area contributed by atoms with Crippen LogP contribution in [0.25, 0.3) is 11.1 Å². The molecule has 2 aromatic carbocycles. The minimum atomic E-state index is -3.53. The molecule has 0 saturated carbocycles. The van der Waals surface area contributed by atoms with Crippen LogP contribution < -0.4 is 4.72 Å². The molecule has 0 heterocycles. The molecule has 5 heteroatoms. The predicted octanol–water partition coefficient (Wildman–Crippen LogP) is 1.62. The van der Waals surface area contributed by atoms with Crippen molar-refractivity contribution in [2.75, 3.05) is 13.2 Å². The molecule has 0 unspecified atom stereocenters. The number of nitrogens with one attached hydrogen (secondary N) is 1. The number of sulfonamides is 1. The largest absolute Gasteiger partial charge is 0.395 e. The van der Waals surface area contributed by atoms with Gasteiger partial charge in [0, 0.05) is 6.54 Å². The average Bonchev–Trinajstić information content (AvgIpc) is 2.46. The Balaban J connectivity index is 2.24. The van der Waals surface area contributed by atoms with E-state index < -0.39 is 10.0 Å². The predicted molar refractivity (Wildman–Crippen MR) is 74.2 cm³/mol. The maximum Gasteiger partial charge on any atom is 0.240 e. The summed E-state index contributed by atoms with van der Waals surface area (Å²) < 4.78 is 25.9. The van der Waals surface area contributed by atoms with Crippen molar-refractivity contribution in [1.82, 2.24) is 4.72 Å². The first-order valence-corrected chi connectivity index (χ1v) is 7.38. The molecule has 19 heavy (non-hydrogen) atoms. The molecule has 0 aliphatic rings. The molecular weight excluding hydrogens is 262 g/mol. The van der Waals surface area contributed by atoms with E-state index in [-0.39, 0.29) is 18.0 Å². The first-order chi connectivity index (χ1) is 9.13. The summed E-state index contributed by atoms with van der Waals surface area (Å²) >= 11 is 0. The number of hydrogen-bond acceptors (Lipinski definition) is 3. The molecule has 2 aromatic rings. The topological polar surface area (TPSA) is 66.4 Å². The molecule has 0 spiro atoms. The van der Waals surface area contributed by atoms with E-state index >= 15 is 0 Å². The van der Waals surface area contributed by atoms with Gasteiger partial charge in [0.2, 0.25) is 10.0 Å². The lowest BCUT2D eigenvalue weighted by molar-refractivity contribution is 0.301. The molecule has 0 aliphatic carbocycles. The van der Waals surface area contributed by atoms with E-state index in [0.29, 0.717) is 0 Å². The highest BCUT2D eigenvalue weighted by molar-refractivity contribution is 7.89. The van der Waals surface area contributed by atoms with Crippen molar-refractivity contribution in [1.29, 1.82) is 0 Å². The molecular formula is C14H15NO3S. The first-order valence-electron chi connectivity index (χ1n) is 5.89. The second-order valence-corrected chi connectivity index (χ2v) is 5.78. The minimum absolute atomic E-state index is 0.0166. The van der Waals surface area contributed by atoms with Gasteiger partial charge in [-0.3, -0.25) is 0 Å². The van der Waals surface area contributed by atoms with Gasteiger partial charge in [0.15, 0.2) is 0 Å². The number of rotatable bonds is 5. The summed E-state index contributed by atoms with van der Waals surface area (Å²) in [6.45, 7) is -0.204. The summed E-state index contributed by atoms with van der Waals surface area (Å²) in [7, 11) is -3.53. The lowest BCUT2D eigenvalue weighted by Gasteiger charge is -2.06. The summed E-state index contributed by atoms with van der Waals surface area (Å²) in [4.78, 5) is 0.195. The monoisotopic (exact) mass is 277 g/mol. The van der Waals surface area contributed by atoms with Crippen LogP contribution in [0.2, 0.25) is 0 Å². The van der Waals surface area contributed by atoms with Gasteiger partial charge in [0.25, 0.3) is 0 Å². The highest BCUT2D eigenvalue weighted by Gasteiger charge is 2.12. The van der Waals surface area contributed by atoms with E-state index in [2.05, 4.69) is 4.72 Å². The smallest absolute Gasteiger partial charge is 0.240 e. The van der Waals surface area contributed by atoms with Gasteiger partial charge in [-0.1, -0.05) is 42.5 Å². The van der Waals surface area contributed by atoms with E-state index in [1.54, 1.807) is 24.3 Å². The van der Waals surface area contributed by atoms with Crippen LogP contribution in [0.1, 0.15) is 0 Å². The van der Waals surface area contributed by atoms with Crippen molar-refractivity contribution in [3.05, 3.63) is 54.6 Å². The maximum atomic E-state index is 11.8. The van der Waals surface area contributed by atoms with Gasteiger partial charge in [0.05, 0.1) is 11.5 Å². The zero-order chi connectivity index (χ0) is 13.7. The van der Waals surface area contributed by atoms with E-state index in [0.717, 1.165) is 11.1 Å². The van der Waals surface area contributed by atoms with Crippen LogP contribution in [0, 0.1) is 0 Å². The van der Waals surface area contributed by atoms with Crippen molar-refractivity contribution >= 4 is 10.0 Å². The van der Waals surface area contributed by atoms with E-state index in [1.807, 2.05) is 30.3 Å². The Kier molecular flexibility index (Phi) is 4.31. The molecule has 100 valence electrons. The van der Waals surface area contributed by atoms with E-state index in [1.165, 1.54) is 0 Å². The molecule has 0 atom stereocenters. The third-order valence-electron chi connectivity index (χ3n) is 2.68. The normalized spacial score (nSPS) is 11.4. The van der Waals surface area contributed by atoms with Gasteiger partial charge in [-0.25, -0.2) is 13.1 Å². The lowest BCUT2D eigenvalue weighted by atomic mass is 10.1. The molecule has 0 amide bonds. The van der Waals surface area contributed by atoms with Crippen molar-refractivity contribution in [3.8, 4) is 11.1 Å². The van der Waals surface area contributed by atoms with Gasteiger partial charge in [-0.2, -0.15) is 0 Å². The van der Waals surface area contributed by atoms with Crippen LogP contribution in [0.3, 0.4) is 0 Å². The molecule has 0 radical (unpaired) electrons. The minimum Gasteiger partial charge on any atom is -0.395 e. The molecule has 2 rings (SSSR count). The van der Waals surface area contributed by atoms with Crippen molar-refractivity contribution in [2.24, 2.45) is 0 Å². The fourth-order valence-corrected chi connectivity index (χ4v) is 2.74. The molecule has 0 aliphatic heterocycles. The number of hydrogen-bond donors (Lipinski definition) is 2. The SMILES string of the molecule is O=S(=O)(NCCO)c1ccc(-c2ccccc2)cc1. The molecule has 0 saturated heterocycles. The van der Waals surface area contributed by atoms with Crippen LogP contribution in [0.5, 0.6) is 0 Å². The second kappa shape index (κ2) is 5.97. The number of aliphatic hydroxyl groups excluding tert-OH is 1. The molecule has 0 bridgehead atoms. The molecule has 2 N–H and O–H groups in total. The van der Waals surface area contributed by atoms with Crippen molar-refractivity contribution in [3.63, 3.8) is 0 Å². The Morgan fingerprint density at radius 2 is 1.47 bits per heavy atom.